The van der Waals surface area contributed by atoms with Gasteiger partial charge >= 0.3 is 6.03 Å². The number of urea groups is 1. The molecule has 7 nitrogen and oxygen atoms in total. The van der Waals surface area contributed by atoms with E-state index in [2.05, 4.69) is 10.6 Å². The van der Waals surface area contributed by atoms with Crippen molar-refractivity contribution in [3.63, 3.8) is 0 Å². The van der Waals surface area contributed by atoms with Crippen LogP contribution in [0.1, 0.15) is 32.1 Å². The van der Waals surface area contributed by atoms with Crippen molar-refractivity contribution < 1.29 is 19.2 Å². The van der Waals surface area contributed by atoms with Crippen LogP contribution in [0.25, 0.3) is 0 Å². The number of barbiturate groups is 1. The van der Waals surface area contributed by atoms with Crippen LogP contribution in [0.5, 0.6) is 0 Å². The molecule has 1 heterocycles. The molecule has 0 atom stereocenters. The summed E-state index contributed by atoms with van der Waals surface area (Å²) in [6.07, 6.45) is 3.03. The number of carbonyl (C=O) groups excluding carboxylic acids is 4. The Morgan fingerprint density at radius 3 is 2.58 bits per heavy atom. The largest absolute Gasteiger partial charge is 0.353 e. The Bertz CT molecular complexity index is 479. The van der Waals surface area contributed by atoms with Crippen LogP contribution in [0, 0.1) is 5.41 Å². The summed E-state index contributed by atoms with van der Waals surface area (Å²) in [5.41, 5.74) is -1.03. The first-order chi connectivity index (χ1) is 9.03. The van der Waals surface area contributed by atoms with E-state index in [0.717, 1.165) is 17.7 Å². The molecule has 102 valence electrons. The third kappa shape index (κ3) is 2.09. The lowest BCUT2D eigenvalue weighted by molar-refractivity contribution is -0.144. The van der Waals surface area contributed by atoms with Crippen molar-refractivity contribution in [1.29, 1.82) is 0 Å². The molecule has 2 saturated carbocycles. The van der Waals surface area contributed by atoms with Crippen molar-refractivity contribution in [2.45, 2.75) is 38.1 Å². The molecule has 5 amide bonds. The van der Waals surface area contributed by atoms with Crippen LogP contribution in [0.15, 0.2) is 0 Å². The fourth-order valence-corrected chi connectivity index (χ4v) is 2.24. The molecule has 0 aromatic carbocycles. The first kappa shape index (κ1) is 12.1. The maximum absolute atomic E-state index is 12.1. The summed E-state index contributed by atoms with van der Waals surface area (Å²) in [7, 11) is 0. The van der Waals surface area contributed by atoms with E-state index in [1.807, 2.05) is 0 Å². The topological polar surface area (TPSA) is 95.6 Å². The zero-order valence-electron chi connectivity index (χ0n) is 10.4. The summed E-state index contributed by atoms with van der Waals surface area (Å²) >= 11 is 0. The second-order valence-electron chi connectivity index (χ2n) is 5.39. The maximum atomic E-state index is 12.1. The van der Waals surface area contributed by atoms with Crippen LogP contribution >= 0.6 is 0 Å². The molecule has 0 bridgehead atoms. The van der Waals surface area contributed by atoms with Gasteiger partial charge in [-0.1, -0.05) is 0 Å². The number of carbonyl (C=O) groups is 4. The lowest BCUT2D eigenvalue weighted by atomic mass is 10.0. The van der Waals surface area contributed by atoms with E-state index in [-0.39, 0.29) is 24.9 Å². The van der Waals surface area contributed by atoms with Gasteiger partial charge in [0.05, 0.1) is 0 Å². The van der Waals surface area contributed by atoms with Gasteiger partial charge in [0.15, 0.2) is 0 Å². The number of nitrogens with one attached hydrogen (secondary N) is 2. The number of hydrogen-bond acceptors (Lipinski definition) is 4. The van der Waals surface area contributed by atoms with E-state index < -0.39 is 23.3 Å². The van der Waals surface area contributed by atoms with E-state index in [4.69, 9.17) is 0 Å². The highest BCUT2D eigenvalue weighted by atomic mass is 16.2. The number of nitrogens with zero attached hydrogens (tertiary/aromatic N) is 1. The molecule has 3 aliphatic rings. The van der Waals surface area contributed by atoms with Crippen molar-refractivity contribution in [2.24, 2.45) is 5.41 Å². The minimum Gasteiger partial charge on any atom is -0.353 e. The first-order valence-electron chi connectivity index (χ1n) is 6.50. The summed E-state index contributed by atoms with van der Waals surface area (Å²) in [5, 5.41) is 4.98. The van der Waals surface area contributed by atoms with E-state index in [9.17, 15) is 19.2 Å². The quantitative estimate of drug-likeness (QED) is 0.671. The molecule has 1 aliphatic heterocycles. The summed E-state index contributed by atoms with van der Waals surface area (Å²) in [5.74, 6) is -1.12. The van der Waals surface area contributed by atoms with Crippen LogP contribution in [0.3, 0.4) is 0 Å². The van der Waals surface area contributed by atoms with Gasteiger partial charge in [-0.3, -0.25) is 24.6 Å². The average molecular weight is 265 g/mol. The van der Waals surface area contributed by atoms with Crippen molar-refractivity contribution >= 4 is 23.8 Å². The van der Waals surface area contributed by atoms with Gasteiger partial charge in [-0.2, -0.15) is 0 Å². The van der Waals surface area contributed by atoms with E-state index in [1.165, 1.54) is 0 Å². The molecule has 1 spiro atoms. The van der Waals surface area contributed by atoms with Gasteiger partial charge in [0.25, 0.3) is 0 Å². The summed E-state index contributed by atoms with van der Waals surface area (Å²) in [6.45, 7) is 0.0260. The Kier molecular flexibility index (Phi) is 2.58. The minimum absolute atomic E-state index is 0.0260. The fraction of sp³-hybridized carbons (Fsp3) is 0.667. The van der Waals surface area contributed by atoms with Gasteiger partial charge in [-0.05, 0) is 25.7 Å². The molecule has 2 aliphatic carbocycles. The Labute approximate surface area is 109 Å². The molecule has 2 N–H and O–H groups in total. The number of imide groups is 2. The molecule has 3 fully saturated rings. The zero-order valence-corrected chi connectivity index (χ0v) is 10.4. The van der Waals surface area contributed by atoms with Crippen LogP contribution in [-0.2, 0) is 14.4 Å². The van der Waals surface area contributed by atoms with Gasteiger partial charge in [0.1, 0.15) is 5.41 Å². The highest BCUT2D eigenvalue weighted by Gasteiger charge is 2.62. The molecular weight excluding hydrogens is 250 g/mol. The predicted molar refractivity (Wildman–Crippen MR) is 62.7 cm³/mol. The molecule has 1 saturated heterocycles. The molecule has 0 unspecified atom stereocenters. The molecule has 0 aromatic heterocycles. The monoisotopic (exact) mass is 265 g/mol. The summed E-state index contributed by atoms with van der Waals surface area (Å²) in [4.78, 5) is 47.8. The molecule has 0 radical (unpaired) electrons. The van der Waals surface area contributed by atoms with Crippen LogP contribution in [0.4, 0.5) is 4.79 Å². The van der Waals surface area contributed by atoms with Gasteiger partial charge < -0.3 is 5.32 Å². The second-order valence-corrected chi connectivity index (χ2v) is 5.39. The smallest absolute Gasteiger partial charge is 0.330 e. The lowest BCUT2D eigenvalue weighted by Crippen LogP contribution is -2.59. The summed E-state index contributed by atoms with van der Waals surface area (Å²) in [6, 6.07) is -0.457. The predicted octanol–water partition coefficient (Wildman–Crippen LogP) is -0.486. The number of rotatable bonds is 4. The highest BCUT2D eigenvalue weighted by molar-refractivity contribution is 6.20. The van der Waals surface area contributed by atoms with Gasteiger partial charge in [-0.25, -0.2) is 4.79 Å². The number of amides is 5. The van der Waals surface area contributed by atoms with Gasteiger partial charge in [0.2, 0.25) is 17.7 Å². The van der Waals surface area contributed by atoms with Gasteiger partial charge in [0, 0.05) is 19.0 Å². The minimum atomic E-state index is -1.03. The third-order valence-electron chi connectivity index (χ3n) is 3.81. The molecule has 7 heteroatoms. The van der Waals surface area contributed by atoms with E-state index in [1.54, 1.807) is 0 Å². The normalized spacial score (nSPS) is 24.4. The Morgan fingerprint density at radius 1 is 1.32 bits per heavy atom. The van der Waals surface area contributed by atoms with Crippen LogP contribution < -0.4 is 10.6 Å². The molecule has 19 heavy (non-hydrogen) atoms. The Hall–Kier alpha value is -1.92. The Balaban J connectivity index is 1.59. The number of hydrogen-bond donors (Lipinski definition) is 2. The molecule has 3 rings (SSSR count). The molecule has 0 aromatic rings. The van der Waals surface area contributed by atoms with Crippen molar-refractivity contribution in [3.05, 3.63) is 0 Å². The zero-order chi connectivity index (χ0) is 13.6. The second kappa shape index (κ2) is 4.04. The van der Waals surface area contributed by atoms with Crippen LogP contribution in [-0.4, -0.2) is 41.2 Å². The van der Waals surface area contributed by atoms with E-state index in [0.29, 0.717) is 12.8 Å². The maximum Gasteiger partial charge on any atom is 0.330 e. The van der Waals surface area contributed by atoms with Crippen molar-refractivity contribution in [2.75, 3.05) is 6.54 Å². The third-order valence-corrected chi connectivity index (χ3v) is 3.81. The average Bonchev–Trinajstić information content (AvgIpc) is 3.22. The fourth-order valence-electron chi connectivity index (χ4n) is 2.24. The molecular formula is C12H15N3O4. The highest BCUT2D eigenvalue weighted by Crippen LogP contribution is 2.48. The van der Waals surface area contributed by atoms with Crippen LogP contribution in [0.2, 0.25) is 0 Å². The van der Waals surface area contributed by atoms with Gasteiger partial charge in [-0.15, -0.1) is 0 Å². The standard InChI is InChI=1S/C12H15N3O4/c16-8(13-7-1-2-7)3-6-15-10(18)12(4-5-12)9(17)14-11(15)19/h7H,1-6H2,(H,13,16)(H,14,17,19). The SMILES string of the molecule is O=C(CCN1C(=O)NC(=O)C2(CC2)C1=O)NC1CC1. The summed E-state index contributed by atoms with van der Waals surface area (Å²) < 4.78 is 0. The van der Waals surface area contributed by atoms with Crippen molar-refractivity contribution in [3.8, 4) is 0 Å². The lowest BCUT2D eigenvalue weighted by Gasteiger charge is -2.29. The van der Waals surface area contributed by atoms with Crippen molar-refractivity contribution in [1.82, 2.24) is 15.5 Å². The Morgan fingerprint density at radius 2 is 2.00 bits per heavy atom. The first-order valence-corrected chi connectivity index (χ1v) is 6.50. The van der Waals surface area contributed by atoms with E-state index >= 15 is 0 Å².